The number of anilines is 2. The monoisotopic (exact) mass is 356 g/mol. The molecule has 0 unspecified atom stereocenters. The molecule has 0 radical (unpaired) electrons. The van der Waals surface area contributed by atoms with Gasteiger partial charge in [0.05, 0.1) is 11.4 Å². The Kier molecular flexibility index (Phi) is 7.64. The van der Waals surface area contributed by atoms with Gasteiger partial charge >= 0.3 is 0 Å². The highest BCUT2D eigenvalue weighted by Gasteiger charge is 2.16. The Hall–Kier alpha value is -2.36. The smallest absolute Gasteiger partial charge is 0.138 e. The second kappa shape index (κ2) is 9.95. The Balaban J connectivity index is 2.08. The molecule has 0 bridgehead atoms. The lowest BCUT2D eigenvalue weighted by Gasteiger charge is -2.20. The summed E-state index contributed by atoms with van der Waals surface area (Å²) >= 11 is 0. The SMILES string of the molecule is CCCCCCCCCC(c1ccc(O)c(N)c1)c1ccc(O)c(N)c1. The minimum absolute atomic E-state index is 0.105. The van der Waals surface area contributed by atoms with Crippen molar-refractivity contribution < 1.29 is 10.2 Å². The molecule has 0 amide bonds. The average molecular weight is 357 g/mol. The van der Waals surface area contributed by atoms with Gasteiger partial charge < -0.3 is 21.7 Å². The number of benzene rings is 2. The van der Waals surface area contributed by atoms with Crippen LogP contribution in [0.4, 0.5) is 11.4 Å². The van der Waals surface area contributed by atoms with Gasteiger partial charge in [-0.2, -0.15) is 0 Å². The van der Waals surface area contributed by atoms with Crippen molar-refractivity contribution in [1.29, 1.82) is 0 Å². The molecule has 142 valence electrons. The van der Waals surface area contributed by atoms with Gasteiger partial charge in [0.25, 0.3) is 0 Å². The minimum atomic E-state index is 0.105. The number of aromatic hydroxyl groups is 2. The van der Waals surface area contributed by atoms with Crippen LogP contribution in [0.1, 0.15) is 75.3 Å². The molecular formula is C22H32N2O2. The maximum absolute atomic E-state index is 9.72. The molecule has 0 atom stereocenters. The molecule has 6 N–H and O–H groups in total. The fourth-order valence-corrected chi connectivity index (χ4v) is 3.41. The van der Waals surface area contributed by atoms with Crippen molar-refractivity contribution >= 4 is 11.4 Å². The predicted octanol–water partition coefficient (Wildman–Crippen LogP) is 5.53. The zero-order chi connectivity index (χ0) is 18.9. The summed E-state index contributed by atoms with van der Waals surface area (Å²) in [6.07, 6.45) is 9.80. The number of phenolic OH excluding ortho intramolecular Hbond substituents is 2. The number of rotatable bonds is 10. The highest BCUT2D eigenvalue weighted by molar-refractivity contribution is 5.57. The van der Waals surface area contributed by atoms with Crippen molar-refractivity contribution in [2.24, 2.45) is 0 Å². The molecule has 0 aromatic heterocycles. The van der Waals surface area contributed by atoms with Crippen LogP contribution in [0.25, 0.3) is 0 Å². The van der Waals surface area contributed by atoms with Gasteiger partial charge in [0.1, 0.15) is 11.5 Å². The van der Waals surface area contributed by atoms with Crippen LogP contribution in [-0.2, 0) is 0 Å². The standard InChI is InChI=1S/C22H32N2O2/c1-2-3-4-5-6-7-8-9-18(16-10-12-21(25)19(23)14-16)17-11-13-22(26)20(24)15-17/h10-15,18,25-26H,2-9,23-24H2,1H3. The first-order chi connectivity index (χ1) is 12.5. The third-order valence-electron chi connectivity index (χ3n) is 5.00. The van der Waals surface area contributed by atoms with Gasteiger partial charge in [0, 0.05) is 5.92 Å². The van der Waals surface area contributed by atoms with Gasteiger partial charge in [-0.25, -0.2) is 0 Å². The lowest BCUT2D eigenvalue weighted by atomic mass is 9.86. The average Bonchev–Trinajstić information content (AvgIpc) is 2.62. The first-order valence-corrected chi connectivity index (χ1v) is 9.69. The molecule has 2 rings (SSSR count). The van der Waals surface area contributed by atoms with E-state index in [9.17, 15) is 10.2 Å². The maximum Gasteiger partial charge on any atom is 0.138 e. The van der Waals surface area contributed by atoms with Gasteiger partial charge in [-0.05, 0) is 41.8 Å². The third kappa shape index (κ3) is 5.58. The summed E-state index contributed by atoms with van der Waals surface area (Å²) in [6.45, 7) is 2.23. The molecular weight excluding hydrogens is 324 g/mol. The molecule has 4 nitrogen and oxygen atoms in total. The first-order valence-electron chi connectivity index (χ1n) is 9.69. The summed E-state index contributed by atoms with van der Waals surface area (Å²) < 4.78 is 0. The van der Waals surface area contributed by atoms with Gasteiger partial charge in [0.15, 0.2) is 0 Å². The van der Waals surface area contributed by atoms with Crippen LogP contribution in [0.3, 0.4) is 0 Å². The van der Waals surface area contributed by atoms with E-state index >= 15 is 0 Å². The molecule has 0 heterocycles. The predicted molar refractivity (Wildman–Crippen MR) is 109 cm³/mol. The van der Waals surface area contributed by atoms with E-state index in [1.54, 1.807) is 12.1 Å². The molecule has 0 spiro atoms. The molecule has 26 heavy (non-hydrogen) atoms. The van der Waals surface area contributed by atoms with Crippen LogP contribution in [0, 0.1) is 0 Å². The van der Waals surface area contributed by atoms with Crippen molar-refractivity contribution in [2.75, 3.05) is 11.5 Å². The summed E-state index contributed by atoms with van der Waals surface area (Å²) in [5.74, 6) is 0.360. The van der Waals surface area contributed by atoms with E-state index in [1.807, 2.05) is 24.3 Å². The van der Waals surface area contributed by atoms with E-state index in [-0.39, 0.29) is 17.4 Å². The van der Waals surface area contributed by atoms with Crippen molar-refractivity contribution in [3.8, 4) is 11.5 Å². The van der Waals surface area contributed by atoms with E-state index < -0.39 is 0 Å². The lowest BCUT2D eigenvalue weighted by Crippen LogP contribution is -2.03. The molecule has 2 aromatic carbocycles. The van der Waals surface area contributed by atoms with E-state index in [1.165, 1.54) is 38.5 Å². The molecule has 0 aliphatic heterocycles. The number of hydrogen-bond donors (Lipinski definition) is 4. The highest BCUT2D eigenvalue weighted by atomic mass is 16.3. The molecule has 4 heteroatoms. The number of nitrogens with two attached hydrogens (primary N) is 2. The van der Waals surface area contributed by atoms with Crippen LogP contribution in [-0.4, -0.2) is 10.2 Å². The van der Waals surface area contributed by atoms with E-state index in [0.29, 0.717) is 11.4 Å². The minimum Gasteiger partial charge on any atom is -0.506 e. The molecule has 0 fully saturated rings. The molecule has 2 aromatic rings. The van der Waals surface area contributed by atoms with Crippen LogP contribution in [0.5, 0.6) is 11.5 Å². The van der Waals surface area contributed by atoms with Gasteiger partial charge in [-0.3, -0.25) is 0 Å². The number of unbranched alkanes of at least 4 members (excludes halogenated alkanes) is 6. The first kappa shape index (κ1) is 20.0. The highest BCUT2D eigenvalue weighted by Crippen LogP contribution is 2.35. The number of hydrogen-bond acceptors (Lipinski definition) is 4. The van der Waals surface area contributed by atoms with E-state index in [0.717, 1.165) is 24.0 Å². The Morgan fingerprint density at radius 1 is 0.731 bits per heavy atom. The number of phenols is 2. The molecule has 0 aliphatic rings. The van der Waals surface area contributed by atoms with Gasteiger partial charge in [0.2, 0.25) is 0 Å². The Bertz CT molecular complexity index is 649. The van der Waals surface area contributed by atoms with Crippen molar-refractivity contribution in [1.82, 2.24) is 0 Å². The summed E-state index contributed by atoms with van der Waals surface area (Å²) in [6, 6.07) is 10.8. The zero-order valence-corrected chi connectivity index (χ0v) is 15.7. The van der Waals surface area contributed by atoms with Crippen molar-refractivity contribution in [3.05, 3.63) is 47.5 Å². The fraction of sp³-hybridized carbons (Fsp3) is 0.455. The van der Waals surface area contributed by atoms with Crippen LogP contribution in [0.15, 0.2) is 36.4 Å². The van der Waals surface area contributed by atoms with Gasteiger partial charge in [-0.15, -0.1) is 0 Å². The number of nitrogen functional groups attached to an aromatic ring is 2. The van der Waals surface area contributed by atoms with Crippen LogP contribution < -0.4 is 11.5 Å². The topological polar surface area (TPSA) is 92.5 Å². The van der Waals surface area contributed by atoms with Crippen molar-refractivity contribution in [2.45, 2.75) is 64.2 Å². The summed E-state index contributed by atoms with van der Waals surface area (Å²) in [5.41, 5.74) is 14.7. The van der Waals surface area contributed by atoms with Crippen LogP contribution in [0.2, 0.25) is 0 Å². The second-order valence-corrected chi connectivity index (χ2v) is 7.10. The zero-order valence-electron chi connectivity index (χ0n) is 15.7. The molecule has 0 saturated heterocycles. The molecule has 0 aliphatic carbocycles. The third-order valence-corrected chi connectivity index (χ3v) is 5.00. The van der Waals surface area contributed by atoms with Crippen molar-refractivity contribution in [3.63, 3.8) is 0 Å². The maximum atomic E-state index is 9.72. The van der Waals surface area contributed by atoms with E-state index in [4.69, 9.17) is 11.5 Å². The Morgan fingerprint density at radius 3 is 1.65 bits per heavy atom. The molecule has 0 saturated carbocycles. The van der Waals surface area contributed by atoms with E-state index in [2.05, 4.69) is 6.92 Å². The lowest BCUT2D eigenvalue weighted by molar-refractivity contribution is 0.477. The fourth-order valence-electron chi connectivity index (χ4n) is 3.41. The normalized spacial score (nSPS) is 11.2. The van der Waals surface area contributed by atoms with Crippen LogP contribution >= 0.6 is 0 Å². The van der Waals surface area contributed by atoms with Gasteiger partial charge in [-0.1, -0.05) is 64.0 Å². The summed E-state index contributed by atoms with van der Waals surface area (Å²) in [4.78, 5) is 0. The summed E-state index contributed by atoms with van der Waals surface area (Å²) in [7, 11) is 0. The Morgan fingerprint density at radius 2 is 1.19 bits per heavy atom. The second-order valence-electron chi connectivity index (χ2n) is 7.10. The quantitative estimate of drug-likeness (QED) is 0.256. The summed E-state index contributed by atoms with van der Waals surface area (Å²) in [5, 5.41) is 19.4. The largest absolute Gasteiger partial charge is 0.506 e. The Labute approximate surface area is 156 Å².